The molecule has 0 spiro atoms. The zero-order valence-electron chi connectivity index (χ0n) is 13.2. The molecule has 2 heterocycles. The molecule has 0 aliphatic carbocycles. The Morgan fingerprint density at radius 2 is 2.26 bits per heavy atom. The van der Waals surface area contributed by atoms with Gasteiger partial charge in [0.1, 0.15) is 18.0 Å². The number of aromatic nitrogens is 3. The average molecular weight is 317 g/mol. The standard InChI is InChI=1S/C16H20FN5O/c1-10(2)13-5-3-11(7-14(13)17)20-16(23)21-12-4-6-15-18-9-19-22(15)8-12/h3,5,7,9-10,12H,4,6,8H2,1-2H3,(H2,20,21,23)/t12-/m0/s1. The summed E-state index contributed by atoms with van der Waals surface area (Å²) in [4.78, 5) is 16.2. The Hall–Kier alpha value is -2.44. The molecule has 1 aliphatic heterocycles. The summed E-state index contributed by atoms with van der Waals surface area (Å²) in [6.45, 7) is 4.46. The molecule has 0 saturated carbocycles. The van der Waals surface area contributed by atoms with Crippen molar-refractivity contribution in [1.29, 1.82) is 0 Å². The minimum atomic E-state index is -0.338. The fourth-order valence-corrected chi connectivity index (χ4v) is 2.78. The molecule has 2 aromatic rings. The molecule has 7 heteroatoms. The van der Waals surface area contributed by atoms with Crippen LogP contribution in [0.1, 0.15) is 37.6 Å². The normalized spacial score (nSPS) is 17.0. The second-order valence-electron chi connectivity index (χ2n) is 6.08. The molecule has 1 aromatic heterocycles. The van der Waals surface area contributed by atoms with Gasteiger partial charge < -0.3 is 10.6 Å². The number of nitrogens with one attached hydrogen (secondary N) is 2. The van der Waals surface area contributed by atoms with Gasteiger partial charge in [0, 0.05) is 12.1 Å². The molecule has 2 N–H and O–H groups in total. The van der Waals surface area contributed by atoms with Gasteiger partial charge in [-0.25, -0.2) is 18.9 Å². The number of amides is 2. The van der Waals surface area contributed by atoms with Crippen molar-refractivity contribution in [3.8, 4) is 0 Å². The molecule has 0 fully saturated rings. The van der Waals surface area contributed by atoms with Crippen molar-refractivity contribution in [2.75, 3.05) is 5.32 Å². The van der Waals surface area contributed by atoms with Crippen molar-refractivity contribution in [1.82, 2.24) is 20.1 Å². The van der Waals surface area contributed by atoms with E-state index in [9.17, 15) is 9.18 Å². The van der Waals surface area contributed by atoms with Crippen molar-refractivity contribution < 1.29 is 9.18 Å². The van der Waals surface area contributed by atoms with Gasteiger partial charge in [0.2, 0.25) is 0 Å². The van der Waals surface area contributed by atoms with Crippen LogP contribution < -0.4 is 10.6 Å². The first-order chi connectivity index (χ1) is 11.0. The Morgan fingerprint density at radius 3 is 3.00 bits per heavy atom. The van der Waals surface area contributed by atoms with Crippen LogP contribution in [0, 0.1) is 5.82 Å². The number of fused-ring (bicyclic) bond motifs is 1. The van der Waals surface area contributed by atoms with E-state index in [1.165, 1.54) is 12.4 Å². The summed E-state index contributed by atoms with van der Waals surface area (Å²) in [5.41, 5.74) is 1.09. The van der Waals surface area contributed by atoms with E-state index in [2.05, 4.69) is 20.7 Å². The zero-order chi connectivity index (χ0) is 16.4. The van der Waals surface area contributed by atoms with Crippen molar-refractivity contribution in [2.45, 2.75) is 45.2 Å². The molecule has 0 saturated heterocycles. The summed E-state index contributed by atoms with van der Waals surface area (Å²) in [6.07, 6.45) is 3.12. The number of hydrogen-bond donors (Lipinski definition) is 2. The molecule has 2 amide bonds. The minimum absolute atomic E-state index is 0.0102. The molecule has 1 aromatic carbocycles. The van der Waals surface area contributed by atoms with Crippen LogP contribution in [-0.4, -0.2) is 26.8 Å². The molecule has 122 valence electrons. The Morgan fingerprint density at radius 1 is 1.43 bits per heavy atom. The number of carbonyl (C=O) groups excluding carboxylic acids is 1. The van der Waals surface area contributed by atoms with Crippen molar-refractivity contribution in [3.63, 3.8) is 0 Å². The first-order valence-electron chi connectivity index (χ1n) is 7.76. The Bertz CT molecular complexity index is 712. The fourth-order valence-electron chi connectivity index (χ4n) is 2.78. The van der Waals surface area contributed by atoms with Crippen LogP contribution in [0.25, 0.3) is 0 Å². The molecule has 6 nitrogen and oxygen atoms in total. The van der Waals surface area contributed by atoms with Crippen molar-refractivity contribution in [3.05, 3.63) is 41.7 Å². The van der Waals surface area contributed by atoms with Gasteiger partial charge >= 0.3 is 6.03 Å². The van der Waals surface area contributed by atoms with Crippen LogP contribution in [0.2, 0.25) is 0 Å². The number of hydrogen-bond acceptors (Lipinski definition) is 3. The molecule has 23 heavy (non-hydrogen) atoms. The zero-order valence-corrected chi connectivity index (χ0v) is 13.2. The molecule has 0 unspecified atom stereocenters. The van der Waals surface area contributed by atoms with Crippen LogP contribution in [-0.2, 0) is 13.0 Å². The van der Waals surface area contributed by atoms with Gasteiger partial charge in [0.05, 0.1) is 12.6 Å². The number of rotatable bonds is 3. The molecular formula is C16H20FN5O. The molecule has 1 atom stereocenters. The number of halogens is 1. The number of carbonyl (C=O) groups is 1. The van der Waals surface area contributed by atoms with Crippen LogP contribution in [0.15, 0.2) is 24.5 Å². The molecule has 3 rings (SSSR count). The fraction of sp³-hybridized carbons (Fsp3) is 0.438. The quantitative estimate of drug-likeness (QED) is 0.914. The highest BCUT2D eigenvalue weighted by Crippen LogP contribution is 2.21. The maximum absolute atomic E-state index is 13.9. The van der Waals surface area contributed by atoms with E-state index in [-0.39, 0.29) is 23.8 Å². The first-order valence-corrected chi connectivity index (χ1v) is 7.76. The smallest absolute Gasteiger partial charge is 0.319 e. The largest absolute Gasteiger partial charge is 0.333 e. The highest BCUT2D eigenvalue weighted by atomic mass is 19.1. The van der Waals surface area contributed by atoms with E-state index >= 15 is 0 Å². The lowest BCUT2D eigenvalue weighted by molar-refractivity contribution is 0.243. The van der Waals surface area contributed by atoms with Gasteiger partial charge in [-0.15, -0.1) is 0 Å². The molecule has 1 aliphatic rings. The van der Waals surface area contributed by atoms with E-state index in [0.29, 0.717) is 17.8 Å². The van der Waals surface area contributed by atoms with Crippen LogP contribution in [0.5, 0.6) is 0 Å². The van der Waals surface area contributed by atoms with E-state index in [0.717, 1.165) is 18.7 Å². The summed E-state index contributed by atoms with van der Waals surface area (Å²) in [5, 5.41) is 9.69. The lowest BCUT2D eigenvalue weighted by atomic mass is 10.0. The summed E-state index contributed by atoms with van der Waals surface area (Å²) < 4.78 is 15.7. The first kappa shape index (κ1) is 15.5. The van der Waals surface area contributed by atoms with E-state index < -0.39 is 0 Å². The number of aryl methyl sites for hydroxylation is 1. The van der Waals surface area contributed by atoms with E-state index in [1.54, 1.807) is 16.8 Å². The second kappa shape index (κ2) is 6.36. The molecule has 0 radical (unpaired) electrons. The minimum Gasteiger partial charge on any atom is -0.333 e. The SMILES string of the molecule is CC(C)c1ccc(NC(=O)N[C@H]2CCc3ncnn3C2)cc1F. The van der Waals surface area contributed by atoms with Gasteiger partial charge in [0.25, 0.3) is 0 Å². The monoisotopic (exact) mass is 317 g/mol. The third-order valence-electron chi connectivity index (χ3n) is 4.02. The Kier molecular flexibility index (Phi) is 4.27. The van der Waals surface area contributed by atoms with Crippen LogP contribution in [0.4, 0.5) is 14.9 Å². The maximum Gasteiger partial charge on any atom is 0.319 e. The number of nitrogens with zero attached hydrogens (tertiary/aromatic N) is 3. The number of urea groups is 1. The Labute approximate surface area is 134 Å². The third-order valence-corrected chi connectivity index (χ3v) is 4.02. The average Bonchev–Trinajstić information content (AvgIpc) is 2.94. The highest BCUT2D eigenvalue weighted by Gasteiger charge is 2.21. The van der Waals surface area contributed by atoms with Gasteiger partial charge in [0.15, 0.2) is 0 Å². The van der Waals surface area contributed by atoms with Gasteiger partial charge in [-0.2, -0.15) is 5.10 Å². The Balaban J connectivity index is 1.59. The van der Waals surface area contributed by atoms with E-state index in [1.807, 2.05) is 13.8 Å². The molecule has 0 bridgehead atoms. The topological polar surface area (TPSA) is 71.8 Å². The lowest BCUT2D eigenvalue weighted by Crippen LogP contribution is -2.43. The maximum atomic E-state index is 13.9. The summed E-state index contributed by atoms with van der Waals surface area (Å²) in [7, 11) is 0. The highest BCUT2D eigenvalue weighted by molar-refractivity contribution is 5.89. The lowest BCUT2D eigenvalue weighted by Gasteiger charge is -2.23. The van der Waals surface area contributed by atoms with Crippen LogP contribution >= 0.6 is 0 Å². The summed E-state index contributed by atoms with van der Waals surface area (Å²) in [5.74, 6) is 0.745. The predicted molar refractivity (Wildman–Crippen MR) is 84.8 cm³/mol. The van der Waals surface area contributed by atoms with E-state index in [4.69, 9.17) is 0 Å². The summed E-state index contributed by atoms with van der Waals surface area (Å²) >= 11 is 0. The number of benzene rings is 1. The van der Waals surface area contributed by atoms with Gasteiger partial charge in [-0.3, -0.25) is 0 Å². The van der Waals surface area contributed by atoms with Gasteiger partial charge in [-0.1, -0.05) is 19.9 Å². The van der Waals surface area contributed by atoms with Crippen molar-refractivity contribution >= 4 is 11.7 Å². The number of anilines is 1. The van der Waals surface area contributed by atoms with Crippen LogP contribution in [0.3, 0.4) is 0 Å². The second-order valence-corrected chi connectivity index (χ2v) is 6.08. The third kappa shape index (κ3) is 3.49. The summed E-state index contributed by atoms with van der Waals surface area (Å²) in [6, 6.07) is 4.43. The molecular weight excluding hydrogens is 297 g/mol. The predicted octanol–water partition coefficient (Wildman–Crippen LogP) is 2.68. The van der Waals surface area contributed by atoms with Gasteiger partial charge in [-0.05, 0) is 30.0 Å². The van der Waals surface area contributed by atoms with Crippen molar-refractivity contribution in [2.24, 2.45) is 0 Å².